The molecular weight excluding hydrogens is 541 g/mol. The number of hydrogen-bond acceptors (Lipinski definition) is 5. The Morgan fingerprint density at radius 2 is 1.80 bits per heavy atom. The van der Waals surface area contributed by atoms with Crippen LogP contribution < -0.4 is 5.32 Å². The summed E-state index contributed by atoms with van der Waals surface area (Å²) in [7, 11) is 0. The third-order valence-electron chi connectivity index (χ3n) is 9.66. The summed E-state index contributed by atoms with van der Waals surface area (Å²) in [6.07, 6.45) is 13.0. The number of carbonyl (C=O) groups excluding carboxylic acids is 1. The molecule has 0 saturated carbocycles. The average molecular weight is 583 g/mol. The minimum atomic E-state index is -0.214. The molecule has 0 aromatic heterocycles. The second-order valence-corrected chi connectivity index (χ2v) is 13.2. The van der Waals surface area contributed by atoms with Gasteiger partial charge in [-0.15, -0.1) is 0 Å². The predicted molar refractivity (Wildman–Crippen MR) is 163 cm³/mol. The number of nitrogens with zero attached hydrogens (tertiary/aromatic N) is 4. The Bertz CT molecular complexity index is 1250. The van der Waals surface area contributed by atoms with E-state index in [-0.39, 0.29) is 17.2 Å². The molecule has 2 unspecified atom stereocenters. The fourth-order valence-electron chi connectivity index (χ4n) is 7.15. The molecule has 4 heterocycles. The van der Waals surface area contributed by atoms with Gasteiger partial charge in [-0.05, 0) is 63.2 Å². The monoisotopic (exact) mass is 581 g/mol. The summed E-state index contributed by atoms with van der Waals surface area (Å²) in [6.45, 7) is 11.1. The highest BCUT2D eigenvalue weighted by molar-refractivity contribution is 6.36. The highest BCUT2D eigenvalue weighted by Crippen LogP contribution is 2.44. The number of piperidine rings is 1. The first kappa shape index (κ1) is 27.9. The quantitative estimate of drug-likeness (QED) is 0.461. The van der Waals surface area contributed by atoms with Gasteiger partial charge in [-0.2, -0.15) is 0 Å². The van der Waals surface area contributed by atoms with Gasteiger partial charge in [0.1, 0.15) is 5.82 Å². The summed E-state index contributed by atoms with van der Waals surface area (Å²) in [5.41, 5.74) is 4.23. The number of carbonyl (C=O) groups is 1. The van der Waals surface area contributed by atoms with Gasteiger partial charge in [0.25, 0.3) is 0 Å². The van der Waals surface area contributed by atoms with Crippen LogP contribution in [0.15, 0.2) is 58.0 Å². The minimum Gasteiger partial charge on any atom is -0.367 e. The zero-order valence-corrected chi connectivity index (χ0v) is 25.3. The Hall–Kier alpha value is -2.28. The van der Waals surface area contributed by atoms with Crippen molar-refractivity contribution in [2.45, 2.75) is 65.0 Å². The molecule has 0 spiro atoms. The third-order valence-corrected chi connectivity index (χ3v) is 10.4. The van der Waals surface area contributed by atoms with Crippen LogP contribution in [-0.4, -0.2) is 72.1 Å². The number of benzene rings is 1. The van der Waals surface area contributed by atoms with Crippen molar-refractivity contribution in [2.24, 2.45) is 16.3 Å². The van der Waals surface area contributed by atoms with Crippen molar-refractivity contribution in [3.05, 3.63) is 68.6 Å². The van der Waals surface area contributed by atoms with Gasteiger partial charge in [-0.3, -0.25) is 4.79 Å². The second kappa shape index (κ2) is 11.5. The van der Waals surface area contributed by atoms with Crippen molar-refractivity contribution in [1.29, 1.82) is 0 Å². The largest absolute Gasteiger partial charge is 0.367 e. The number of rotatable bonds is 5. The van der Waals surface area contributed by atoms with E-state index in [4.69, 9.17) is 28.2 Å². The van der Waals surface area contributed by atoms with Crippen molar-refractivity contribution >= 4 is 35.3 Å². The summed E-state index contributed by atoms with van der Waals surface area (Å²) in [5, 5.41) is 4.88. The van der Waals surface area contributed by atoms with E-state index in [1.165, 1.54) is 37.2 Å². The molecule has 1 aromatic carbocycles. The maximum Gasteiger partial charge on any atom is 0.250 e. The van der Waals surface area contributed by atoms with Crippen LogP contribution in [0.3, 0.4) is 0 Å². The van der Waals surface area contributed by atoms with Gasteiger partial charge in [0.2, 0.25) is 5.91 Å². The lowest BCUT2D eigenvalue weighted by Crippen LogP contribution is -2.47. The summed E-state index contributed by atoms with van der Waals surface area (Å²) in [4.78, 5) is 25.6. The van der Waals surface area contributed by atoms with E-state index in [9.17, 15) is 4.79 Å². The molecule has 8 heteroatoms. The van der Waals surface area contributed by atoms with Crippen molar-refractivity contribution in [3.8, 4) is 0 Å². The molecule has 4 aliphatic heterocycles. The van der Waals surface area contributed by atoms with Crippen molar-refractivity contribution < 1.29 is 4.79 Å². The van der Waals surface area contributed by atoms with E-state index in [2.05, 4.69) is 52.2 Å². The molecular formula is C32H41Cl2N5O. The Kier molecular flexibility index (Phi) is 8.04. The number of aliphatic imine (C=N–C) groups is 1. The molecule has 1 aromatic rings. The lowest BCUT2D eigenvalue weighted by atomic mass is 9.71. The maximum atomic E-state index is 13.6. The molecule has 5 aliphatic rings. The number of allylic oxidation sites excluding steroid dienone is 4. The Labute approximate surface area is 248 Å². The Morgan fingerprint density at radius 1 is 1.07 bits per heavy atom. The molecule has 6 nitrogen and oxygen atoms in total. The van der Waals surface area contributed by atoms with Crippen molar-refractivity contribution in [3.63, 3.8) is 0 Å². The van der Waals surface area contributed by atoms with Crippen LogP contribution in [0, 0.1) is 11.3 Å². The van der Waals surface area contributed by atoms with Crippen LogP contribution in [0.5, 0.6) is 0 Å². The lowest BCUT2D eigenvalue weighted by molar-refractivity contribution is -0.129. The SMILES string of the molecule is CC1CC(C2(C)C=NC3=C(C2)N(Cc2c(Cl)cccc2Cl)CCN3)=CC=C1C(=O)N1CCC(N2CCCC2)CC1. The highest BCUT2D eigenvalue weighted by atomic mass is 35.5. The normalized spacial score (nSPS) is 27.9. The van der Waals surface area contributed by atoms with Gasteiger partial charge in [0, 0.05) is 78.0 Å². The molecule has 0 radical (unpaired) electrons. The van der Waals surface area contributed by atoms with Gasteiger partial charge in [0.15, 0.2) is 0 Å². The molecule has 214 valence electrons. The van der Waals surface area contributed by atoms with Gasteiger partial charge >= 0.3 is 0 Å². The van der Waals surface area contributed by atoms with Gasteiger partial charge < -0.3 is 20.0 Å². The number of halogens is 2. The fourth-order valence-corrected chi connectivity index (χ4v) is 7.67. The standard InChI is InChI=1S/C32H41Cl2N5O/c1-22-18-23(8-9-25(22)31(40)38-15-10-24(11-16-38)37-13-3-4-14-37)32(2)19-29-30(36-21-32)35-12-17-39(29)20-26-27(33)6-5-7-28(26)34/h5-9,21-22,24,35H,3-4,10-20H2,1-2H3. The van der Waals surface area contributed by atoms with Crippen LogP contribution >= 0.6 is 23.2 Å². The van der Waals surface area contributed by atoms with Crippen LogP contribution in [0.25, 0.3) is 0 Å². The first-order chi connectivity index (χ1) is 19.3. The van der Waals surface area contributed by atoms with Crippen LogP contribution in [0.2, 0.25) is 10.0 Å². The molecule has 6 rings (SSSR count). The lowest BCUT2D eigenvalue weighted by Gasteiger charge is -2.42. The van der Waals surface area contributed by atoms with Crippen LogP contribution in [0.1, 0.15) is 57.9 Å². The molecule has 2 saturated heterocycles. The molecule has 1 aliphatic carbocycles. The van der Waals surface area contributed by atoms with E-state index in [1.807, 2.05) is 18.2 Å². The summed E-state index contributed by atoms with van der Waals surface area (Å²) >= 11 is 13.1. The van der Waals surface area contributed by atoms with Crippen LogP contribution in [0.4, 0.5) is 0 Å². The Balaban J connectivity index is 1.15. The smallest absolute Gasteiger partial charge is 0.250 e. The van der Waals surface area contributed by atoms with Gasteiger partial charge in [-0.1, -0.05) is 60.8 Å². The zero-order valence-electron chi connectivity index (χ0n) is 23.8. The average Bonchev–Trinajstić information content (AvgIpc) is 3.50. The minimum absolute atomic E-state index is 0.187. The molecule has 1 amide bonds. The number of likely N-dealkylation sites (tertiary alicyclic amines) is 2. The van der Waals surface area contributed by atoms with E-state index in [0.717, 1.165) is 68.8 Å². The number of nitrogens with one attached hydrogen (secondary N) is 1. The summed E-state index contributed by atoms with van der Waals surface area (Å²) in [5.74, 6) is 1.36. The first-order valence-corrected chi connectivity index (χ1v) is 15.7. The van der Waals surface area contributed by atoms with Crippen molar-refractivity contribution in [2.75, 3.05) is 39.3 Å². The third kappa shape index (κ3) is 5.47. The van der Waals surface area contributed by atoms with Gasteiger partial charge in [0.05, 0.1) is 5.70 Å². The Morgan fingerprint density at radius 3 is 2.50 bits per heavy atom. The van der Waals surface area contributed by atoms with E-state index < -0.39 is 0 Å². The first-order valence-electron chi connectivity index (χ1n) is 15.0. The second-order valence-electron chi connectivity index (χ2n) is 12.4. The molecule has 40 heavy (non-hydrogen) atoms. The highest BCUT2D eigenvalue weighted by Gasteiger charge is 2.39. The van der Waals surface area contributed by atoms with E-state index in [0.29, 0.717) is 22.6 Å². The molecule has 2 atom stereocenters. The fraction of sp³-hybridized carbons (Fsp3) is 0.562. The van der Waals surface area contributed by atoms with E-state index >= 15 is 0 Å². The van der Waals surface area contributed by atoms with E-state index in [1.54, 1.807) is 0 Å². The maximum absolute atomic E-state index is 13.6. The predicted octanol–water partition coefficient (Wildman–Crippen LogP) is 6.03. The molecule has 1 N–H and O–H groups in total. The van der Waals surface area contributed by atoms with Gasteiger partial charge in [-0.25, -0.2) is 4.99 Å². The molecule has 2 fully saturated rings. The van der Waals surface area contributed by atoms with Crippen molar-refractivity contribution in [1.82, 2.24) is 20.0 Å². The summed E-state index contributed by atoms with van der Waals surface area (Å²) in [6, 6.07) is 6.35. The number of amides is 1. The molecule has 0 bridgehead atoms. The summed E-state index contributed by atoms with van der Waals surface area (Å²) < 4.78 is 0. The zero-order chi connectivity index (χ0) is 27.9. The topological polar surface area (TPSA) is 51.2 Å². The van der Waals surface area contributed by atoms with Crippen LogP contribution in [-0.2, 0) is 11.3 Å². The number of hydrogen-bond donors (Lipinski definition) is 1.